The van der Waals surface area contributed by atoms with E-state index < -0.39 is 0 Å². The number of rotatable bonds is 2. The summed E-state index contributed by atoms with van der Waals surface area (Å²) in [6.45, 7) is 2.93. The van der Waals surface area contributed by atoms with Crippen LogP contribution in [0.15, 0.2) is 0 Å². The summed E-state index contributed by atoms with van der Waals surface area (Å²) in [4.78, 5) is 16.6. The van der Waals surface area contributed by atoms with Crippen molar-refractivity contribution in [1.82, 2.24) is 24.6 Å². The van der Waals surface area contributed by atoms with Crippen LogP contribution in [0.3, 0.4) is 0 Å². The van der Waals surface area contributed by atoms with Gasteiger partial charge in [-0.15, -0.1) is 10.2 Å². The molecule has 1 amide bonds. The van der Waals surface area contributed by atoms with Gasteiger partial charge in [-0.2, -0.15) is 0 Å². The predicted molar refractivity (Wildman–Crippen MR) is 83.6 cm³/mol. The van der Waals surface area contributed by atoms with Crippen molar-refractivity contribution in [3.8, 4) is 0 Å². The Morgan fingerprint density at radius 3 is 2.70 bits per heavy atom. The first-order valence-corrected chi connectivity index (χ1v) is 8.72. The Labute approximate surface area is 136 Å². The van der Waals surface area contributed by atoms with Gasteiger partial charge in [0.1, 0.15) is 5.82 Å². The van der Waals surface area contributed by atoms with Gasteiger partial charge in [-0.3, -0.25) is 9.69 Å². The maximum Gasteiger partial charge on any atom is 0.225 e. The Bertz CT molecular complexity index is 597. The number of likely N-dealkylation sites (N-methyl/N-ethyl adjacent to an activating group) is 1. The van der Waals surface area contributed by atoms with Crippen molar-refractivity contribution in [3.05, 3.63) is 11.6 Å². The Hall–Kier alpha value is -1.47. The number of aliphatic hydroxyl groups is 1. The molecular formula is C16H25N5O2. The summed E-state index contributed by atoms with van der Waals surface area (Å²) in [5.41, 5.74) is 0. The van der Waals surface area contributed by atoms with Gasteiger partial charge in [0.25, 0.3) is 0 Å². The molecule has 0 unspecified atom stereocenters. The zero-order chi connectivity index (χ0) is 16.0. The number of nitrogens with zero attached hydrogens (tertiary/aromatic N) is 5. The van der Waals surface area contributed by atoms with E-state index in [-0.39, 0.29) is 18.1 Å². The lowest BCUT2D eigenvalue weighted by Crippen LogP contribution is -2.40. The van der Waals surface area contributed by atoms with Crippen LogP contribution in [0.25, 0.3) is 0 Å². The highest BCUT2D eigenvalue weighted by Gasteiger charge is 2.35. The van der Waals surface area contributed by atoms with E-state index in [1.807, 2.05) is 11.9 Å². The molecule has 7 nitrogen and oxygen atoms in total. The third kappa shape index (κ3) is 2.65. The number of carbonyl (C=O) groups is 1. The molecule has 1 aromatic rings. The molecule has 3 heterocycles. The number of hydrogen-bond donors (Lipinski definition) is 1. The number of aliphatic hydroxyl groups excluding tert-OH is 1. The molecule has 7 heteroatoms. The van der Waals surface area contributed by atoms with Crippen molar-refractivity contribution in [2.75, 3.05) is 26.7 Å². The van der Waals surface area contributed by atoms with E-state index in [0.29, 0.717) is 18.9 Å². The van der Waals surface area contributed by atoms with E-state index in [9.17, 15) is 9.90 Å². The van der Waals surface area contributed by atoms with Crippen molar-refractivity contribution >= 4 is 5.91 Å². The van der Waals surface area contributed by atoms with Gasteiger partial charge in [0.2, 0.25) is 5.91 Å². The Morgan fingerprint density at radius 1 is 1.22 bits per heavy atom. The second-order valence-electron chi connectivity index (χ2n) is 7.17. The molecule has 2 atom stereocenters. The van der Waals surface area contributed by atoms with E-state index in [4.69, 9.17) is 0 Å². The lowest BCUT2D eigenvalue weighted by molar-refractivity contribution is -0.138. The molecule has 23 heavy (non-hydrogen) atoms. The number of fused-ring (bicyclic) bond motifs is 1. The second-order valence-corrected chi connectivity index (χ2v) is 7.17. The summed E-state index contributed by atoms with van der Waals surface area (Å²) in [7, 11) is 2.02. The molecule has 2 aliphatic heterocycles. The molecule has 1 aliphatic carbocycles. The van der Waals surface area contributed by atoms with Crippen molar-refractivity contribution in [2.24, 2.45) is 5.92 Å². The van der Waals surface area contributed by atoms with Crippen LogP contribution < -0.4 is 0 Å². The molecule has 0 aromatic carbocycles. The Morgan fingerprint density at radius 2 is 2.04 bits per heavy atom. The summed E-state index contributed by atoms with van der Waals surface area (Å²) in [6, 6.07) is 0.125. The third-order valence-corrected chi connectivity index (χ3v) is 5.65. The van der Waals surface area contributed by atoms with Crippen molar-refractivity contribution < 1.29 is 9.90 Å². The fraction of sp³-hybridized carbons (Fsp3) is 0.812. The van der Waals surface area contributed by atoms with Gasteiger partial charge in [-0.25, -0.2) is 0 Å². The van der Waals surface area contributed by atoms with Gasteiger partial charge < -0.3 is 14.6 Å². The lowest BCUT2D eigenvalue weighted by Gasteiger charge is -2.30. The number of aromatic nitrogens is 3. The SMILES string of the molecule is CN1C[C@H](O)C[C@H]1c1nnc2n1CCN(C(=O)C1CCC1)CC2. The molecule has 1 saturated heterocycles. The summed E-state index contributed by atoms with van der Waals surface area (Å²) in [5, 5.41) is 18.6. The van der Waals surface area contributed by atoms with Gasteiger partial charge in [-0.1, -0.05) is 6.42 Å². The van der Waals surface area contributed by atoms with Crippen LogP contribution in [0.2, 0.25) is 0 Å². The molecule has 0 radical (unpaired) electrons. The zero-order valence-corrected chi connectivity index (χ0v) is 13.7. The maximum absolute atomic E-state index is 12.5. The smallest absolute Gasteiger partial charge is 0.225 e. The first-order chi connectivity index (χ1) is 11.1. The minimum Gasteiger partial charge on any atom is -0.392 e. The molecule has 126 valence electrons. The van der Waals surface area contributed by atoms with Crippen LogP contribution in [-0.2, 0) is 17.8 Å². The zero-order valence-electron chi connectivity index (χ0n) is 13.7. The standard InChI is InChI=1S/C16H25N5O2/c1-19-10-12(22)9-13(19)15-18-17-14-5-6-20(7-8-21(14)15)16(23)11-3-2-4-11/h11-13,22H,2-10H2,1H3/t12-,13+/m1/s1. The number of hydrogen-bond acceptors (Lipinski definition) is 5. The second kappa shape index (κ2) is 5.87. The molecule has 3 aliphatic rings. The van der Waals surface area contributed by atoms with Gasteiger partial charge >= 0.3 is 0 Å². The number of carbonyl (C=O) groups excluding carboxylic acids is 1. The largest absolute Gasteiger partial charge is 0.392 e. The summed E-state index contributed by atoms with van der Waals surface area (Å²) in [5.74, 6) is 2.50. The molecule has 2 fully saturated rings. The average Bonchev–Trinajstić information content (AvgIpc) is 2.92. The molecule has 4 rings (SSSR count). The van der Waals surface area contributed by atoms with Gasteiger partial charge in [-0.05, 0) is 26.3 Å². The molecular weight excluding hydrogens is 294 g/mol. The molecule has 1 saturated carbocycles. The highest BCUT2D eigenvalue weighted by molar-refractivity contribution is 5.79. The average molecular weight is 319 g/mol. The maximum atomic E-state index is 12.5. The third-order valence-electron chi connectivity index (χ3n) is 5.65. The van der Waals surface area contributed by atoms with Gasteiger partial charge in [0.15, 0.2) is 5.82 Å². The topological polar surface area (TPSA) is 74.5 Å². The highest BCUT2D eigenvalue weighted by Crippen LogP contribution is 2.31. The first-order valence-electron chi connectivity index (χ1n) is 8.72. The van der Waals surface area contributed by atoms with Crippen LogP contribution in [-0.4, -0.2) is 68.4 Å². The predicted octanol–water partition coefficient (Wildman–Crippen LogP) is 0.200. The molecule has 0 bridgehead atoms. The highest BCUT2D eigenvalue weighted by atomic mass is 16.3. The molecule has 0 spiro atoms. The minimum atomic E-state index is -0.291. The Kier molecular flexibility index (Phi) is 3.85. The van der Waals surface area contributed by atoms with Gasteiger partial charge in [0.05, 0.1) is 12.1 Å². The van der Waals surface area contributed by atoms with E-state index >= 15 is 0 Å². The van der Waals surface area contributed by atoms with E-state index in [0.717, 1.165) is 50.5 Å². The number of amides is 1. The van der Waals surface area contributed by atoms with E-state index in [1.165, 1.54) is 6.42 Å². The van der Waals surface area contributed by atoms with Gasteiger partial charge in [0, 0.05) is 38.5 Å². The Balaban J connectivity index is 1.50. The van der Waals surface area contributed by atoms with Crippen molar-refractivity contribution in [2.45, 2.75) is 50.8 Å². The van der Waals surface area contributed by atoms with E-state index in [2.05, 4.69) is 19.7 Å². The summed E-state index contributed by atoms with van der Waals surface area (Å²) >= 11 is 0. The van der Waals surface area contributed by atoms with E-state index in [1.54, 1.807) is 0 Å². The molecule has 1 aromatic heterocycles. The summed E-state index contributed by atoms with van der Waals surface area (Å²) in [6.07, 6.45) is 4.48. The van der Waals surface area contributed by atoms with Crippen LogP contribution in [0.5, 0.6) is 0 Å². The lowest BCUT2D eigenvalue weighted by atomic mass is 9.84. The monoisotopic (exact) mass is 319 g/mol. The van der Waals surface area contributed by atoms with Crippen molar-refractivity contribution in [1.29, 1.82) is 0 Å². The number of β-amino-alcohol motifs (C(OH)–C–C–N with tert-alkyl or cyclic N) is 1. The van der Waals surface area contributed by atoms with Crippen LogP contribution >= 0.6 is 0 Å². The molecule has 1 N–H and O–H groups in total. The van der Waals surface area contributed by atoms with Crippen LogP contribution in [0, 0.1) is 5.92 Å². The fourth-order valence-electron chi connectivity index (χ4n) is 4.00. The normalized spacial score (nSPS) is 29.2. The van der Waals surface area contributed by atoms with Crippen LogP contribution in [0.1, 0.15) is 43.4 Å². The number of likely N-dealkylation sites (tertiary alicyclic amines) is 1. The quantitative estimate of drug-likeness (QED) is 0.843. The van der Waals surface area contributed by atoms with Crippen LogP contribution in [0.4, 0.5) is 0 Å². The fourth-order valence-corrected chi connectivity index (χ4v) is 4.00. The first kappa shape index (κ1) is 15.1. The van der Waals surface area contributed by atoms with Crippen molar-refractivity contribution in [3.63, 3.8) is 0 Å². The minimum absolute atomic E-state index is 0.125. The summed E-state index contributed by atoms with van der Waals surface area (Å²) < 4.78 is 2.17.